The van der Waals surface area contributed by atoms with E-state index in [2.05, 4.69) is 0 Å². The molecule has 0 fully saturated rings. The number of carbonyl (C=O) groups is 2. The minimum Gasteiger partial charge on any atom is -0.504 e. The van der Waals surface area contributed by atoms with Gasteiger partial charge in [0, 0.05) is 5.56 Å². The first-order valence-electron chi connectivity index (χ1n) is 5.33. The lowest BCUT2D eigenvalue weighted by molar-refractivity contribution is 0.0871. The van der Waals surface area contributed by atoms with E-state index in [-0.39, 0.29) is 22.8 Å². The maximum atomic E-state index is 12.0. The average molecular weight is 262 g/mol. The number of phenolic OH excluding ortho intramolecular Hbond substituents is 2. The van der Waals surface area contributed by atoms with Crippen LogP contribution in [-0.2, 0) is 0 Å². The molecule has 2 rings (SSSR count). The second-order valence-corrected chi connectivity index (χ2v) is 3.78. The summed E-state index contributed by atoms with van der Waals surface area (Å²) in [4.78, 5) is 23.1. The molecule has 0 bridgehead atoms. The van der Waals surface area contributed by atoms with Gasteiger partial charge in [-0.05, 0) is 30.3 Å². The van der Waals surface area contributed by atoms with Crippen LogP contribution in [-0.4, -0.2) is 33.5 Å². The zero-order valence-corrected chi connectivity index (χ0v) is 9.66. The van der Waals surface area contributed by atoms with Crippen molar-refractivity contribution in [2.75, 3.05) is 6.61 Å². The van der Waals surface area contributed by atoms with E-state index in [1.165, 1.54) is 24.3 Å². The van der Waals surface area contributed by atoms with Crippen molar-refractivity contribution in [2.45, 2.75) is 0 Å². The molecule has 0 saturated heterocycles. The van der Waals surface area contributed by atoms with E-state index in [1.54, 1.807) is 0 Å². The molecule has 3 N–H and O–H groups in total. The maximum absolute atomic E-state index is 12.0. The molecule has 0 saturated carbocycles. The minimum atomic E-state index is -0.707. The van der Waals surface area contributed by atoms with Gasteiger partial charge in [0.15, 0.2) is 23.0 Å². The quantitative estimate of drug-likeness (QED) is 0.562. The van der Waals surface area contributed by atoms with Crippen molar-refractivity contribution in [3.8, 4) is 11.5 Å². The molecule has 6 nitrogen and oxygen atoms in total. The molecule has 0 atom stereocenters. The number of hydrogen-bond donors (Lipinski definition) is 3. The molecule has 98 valence electrons. The summed E-state index contributed by atoms with van der Waals surface area (Å²) in [7, 11) is 0. The SMILES string of the molecule is O=C(CO)c1ccc(C(=O)c2ccc(O)c(O)c2)o1. The number of aliphatic hydroxyl groups is 1. The van der Waals surface area contributed by atoms with Crippen LogP contribution in [0.25, 0.3) is 0 Å². The summed E-state index contributed by atoms with van der Waals surface area (Å²) >= 11 is 0. The average Bonchev–Trinajstić information content (AvgIpc) is 2.89. The van der Waals surface area contributed by atoms with Gasteiger partial charge in [-0.15, -0.1) is 0 Å². The van der Waals surface area contributed by atoms with E-state index in [0.29, 0.717) is 0 Å². The van der Waals surface area contributed by atoms with Crippen molar-refractivity contribution >= 4 is 11.6 Å². The molecule has 0 aliphatic heterocycles. The molecule has 0 radical (unpaired) electrons. The normalized spacial score (nSPS) is 10.4. The number of rotatable bonds is 4. The van der Waals surface area contributed by atoms with Crippen LogP contribution in [0.4, 0.5) is 0 Å². The lowest BCUT2D eigenvalue weighted by Gasteiger charge is -2.00. The highest BCUT2D eigenvalue weighted by atomic mass is 16.4. The third-order valence-electron chi connectivity index (χ3n) is 2.49. The van der Waals surface area contributed by atoms with Gasteiger partial charge in [-0.25, -0.2) is 0 Å². The molecule has 1 aromatic heterocycles. The van der Waals surface area contributed by atoms with Crippen molar-refractivity contribution in [3.05, 3.63) is 47.4 Å². The fraction of sp³-hybridized carbons (Fsp3) is 0.0769. The monoisotopic (exact) mass is 262 g/mol. The summed E-state index contributed by atoms with van der Waals surface area (Å²) in [6.07, 6.45) is 0. The van der Waals surface area contributed by atoms with Crippen LogP contribution in [0.5, 0.6) is 11.5 Å². The molecule has 1 aromatic carbocycles. The first kappa shape index (κ1) is 12.8. The third kappa shape index (κ3) is 2.48. The molecule has 0 unspecified atom stereocenters. The van der Waals surface area contributed by atoms with Gasteiger partial charge in [-0.2, -0.15) is 0 Å². The number of aliphatic hydroxyl groups excluding tert-OH is 1. The maximum Gasteiger partial charge on any atom is 0.228 e. The van der Waals surface area contributed by atoms with Crippen LogP contribution in [0.2, 0.25) is 0 Å². The van der Waals surface area contributed by atoms with Crippen molar-refractivity contribution < 1.29 is 29.3 Å². The Morgan fingerprint density at radius 2 is 1.68 bits per heavy atom. The van der Waals surface area contributed by atoms with E-state index in [9.17, 15) is 14.7 Å². The molecule has 0 aliphatic rings. The van der Waals surface area contributed by atoms with Crippen molar-refractivity contribution in [1.29, 1.82) is 0 Å². The molecular weight excluding hydrogens is 252 g/mol. The number of benzene rings is 1. The lowest BCUT2D eigenvalue weighted by atomic mass is 10.1. The van der Waals surface area contributed by atoms with E-state index in [4.69, 9.17) is 14.6 Å². The smallest absolute Gasteiger partial charge is 0.228 e. The fourth-order valence-corrected chi connectivity index (χ4v) is 1.49. The van der Waals surface area contributed by atoms with Gasteiger partial charge < -0.3 is 19.7 Å². The van der Waals surface area contributed by atoms with Crippen molar-refractivity contribution in [3.63, 3.8) is 0 Å². The van der Waals surface area contributed by atoms with Crippen molar-refractivity contribution in [1.82, 2.24) is 0 Å². The molecule has 2 aromatic rings. The van der Waals surface area contributed by atoms with Crippen molar-refractivity contribution in [2.24, 2.45) is 0 Å². The predicted molar refractivity (Wildman–Crippen MR) is 63.3 cm³/mol. The standard InChI is InChI=1S/C13H10O6/c14-6-10(17)11-3-4-12(19-11)13(18)7-1-2-8(15)9(16)5-7/h1-5,14-16H,6H2. The molecule has 19 heavy (non-hydrogen) atoms. The molecule has 0 spiro atoms. The summed E-state index contributed by atoms with van der Waals surface area (Å²) in [6.45, 7) is -0.707. The van der Waals surface area contributed by atoms with E-state index < -0.39 is 23.9 Å². The Labute approximate surface area is 107 Å². The first-order chi connectivity index (χ1) is 9.02. The van der Waals surface area contributed by atoms with Crippen LogP contribution < -0.4 is 0 Å². The minimum absolute atomic E-state index is 0.0955. The van der Waals surface area contributed by atoms with Gasteiger partial charge in [-0.3, -0.25) is 9.59 Å². The fourth-order valence-electron chi connectivity index (χ4n) is 1.49. The highest BCUT2D eigenvalue weighted by Gasteiger charge is 2.17. The Morgan fingerprint density at radius 1 is 1.00 bits per heavy atom. The summed E-state index contributed by atoms with van der Waals surface area (Å²) < 4.78 is 5.02. The topological polar surface area (TPSA) is 108 Å². The number of carbonyl (C=O) groups excluding carboxylic acids is 2. The largest absolute Gasteiger partial charge is 0.504 e. The van der Waals surface area contributed by atoms with Crippen LogP contribution in [0.15, 0.2) is 34.7 Å². The second-order valence-electron chi connectivity index (χ2n) is 3.78. The number of ketones is 2. The van der Waals surface area contributed by atoms with Gasteiger partial charge in [0.1, 0.15) is 6.61 Å². The number of phenols is 2. The molecule has 6 heteroatoms. The Hall–Kier alpha value is -2.60. The number of furan rings is 1. The molecular formula is C13H10O6. The van der Waals surface area contributed by atoms with Crippen LogP contribution in [0, 0.1) is 0 Å². The summed E-state index contributed by atoms with van der Waals surface area (Å²) in [5.41, 5.74) is 0.104. The lowest BCUT2D eigenvalue weighted by Crippen LogP contribution is -2.03. The van der Waals surface area contributed by atoms with Crippen LogP contribution >= 0.6 is 0 Å². The highest BCUT2D eigenvalue weighted by Crippen LogP contribution is 2.26. The van der Waals surface area contributed by atoms with Gasteiger partial charge >= 0.3 is 0 Å². The highest BCUT2D eigenvalue weighted by molar-refractivity contribution is 6.08. The van der Waals surface area contributed by atoms with E-state index in [0.717, 1.165) is 6.07 Å². The Morgan fingerprint density at radius 3 is 2.32 bits per heavy atom. The van der Waals surface area contributed by atoms with Gasteiger partial charge in [0.05, 0.1) is 0 Å². The number of aromatic hydroxyl groups is 2. The number of hydrogen-bond acceptors (Lipinski definition) is 6. The van der Waals surface area contributed by atoms with Gasteiger partial charge in [0.25, 0.3) is 0 Å². The Kier molecular flexibility index (Phi) is 3.35. The summed E-state index contributed by atoms with van der Waals surface area (Å²) in [5, 5.41) is 27.1. The Bertz CT molecular complexity index is 640. The molecule has 0 aliphatic carbocycles. The number of Topliss-reactive ketones (excluding diaryl/α,β-unsaturated/α-hetero) is 1. The van der Waals surface area contributed by atoms with Crippen LogP contribution in [0.3, 0.4) is 0 Å². The zero-order chi connectivity index (χ0) is 14.0. The van der Waals surface area contributed by atoms with E-state index >= 15 is 0 Å². The van der Waals surface area contributed by atoms with E-state index in [1.807, 2.05) is 0 Å². The van der Waals surface area contributed by atoms with Gasteiger partial charge in [-0.1, -0.05) is 0 Å². The molecule has 0 amide bonds. The van der Waals surface area contributed by atoms with Gasteiger partial charge in [0.2, 0.25) is 11.6 Å². The van der Waals surface area contributed by atoms with Crippen LogP contribution in [0.1, 0.15) is 26.7 Å². The second kappa shape index (κ2) is 4.95. The molecule has 1 heterocycles. The summed E-state index contributed by atoms with van der Waals surface area (Å²) in [5.74, 6) is -2.16. The predicted octanol–water partition coefficient (Wildman–Crippen LogP) is 1.10. The zero-order valence-electron chi connectivity index (χ0n) is 9.66. The Balaban J connectivity index is 2.31. The summed E-state index contributed by atoms with van der Waals surface area (Å²) in [6, 6.07) is 6.16. The third-order valence-corrected chi connectivity index (χ3v) is 2.49. The first-order valence-corrected chi connectivity index (χ1v) is 5.33.